The molecule has 0 radical (unpaired) electrons. The van der Waals surface area contributed by atoms with Gasteiger partial charge < -0.3 is 5.32 Å². The van der Waals surface area contributed by atoms with E-state index >= 15 is 0 Å². The minimum absolute atomic E-state index is 0.471. The SMILES string of the molecule is Cc1ccc(C(C#N)Nc2ccc(Cl)c(Br)c2)cc1Cl. The highest BCUT2D eigenvalue weighted by atomic mass is 79.9. The van der Waals surface area contributed by atoms with E-state index in [-0.39, 0.29) is 0 Å². The fourth-order valence-electron chi connectivity index (χ4n) is 1.73. The van der Waals surface area contributed by atoms with Crippen LogP contribution in [0.15, 0.2) is 40.9 Å². The molecule has 0 aliphatic carbocycles. The van der Waals surface area contributed by atoms with Crippen molar-refractivity contribution in [2.45, 2.75) is 13.0 Å². The standard InChI is InChI=1S/C15H11BrCl2N2/c1-9-2-3-10(6-14(9)18)15(8-19)20-11-4-5-13(17)12(16)7-11/h2-7,15,20H,1H3. The Hall–Kier alpha value is -1.21. The summed E-state index contributed by atoms with van der Waals surface area (Å²) in [5.74, 6) is 0. The van der Waals surface area contributed by atoms with Crippen LogP contribution < -0.4 is 5.32 Å². The van der Waals surface area contributed by atoms with Gasteiger partial charge in [-0.2, -0.15) is 5.26 Å². The summed E-state index contributed by atoms with van der Waals surface area (Å²) in [5, 5.41) is 13.8. The lowest BCUT2D eigenvalue weighted by atomic mass is 10.1. The minimum Gasteiger partial charge on any atom is -0.366 e. The molecule has 0 amide bonds. The third-order valence-corrected chi connectivity index (χ3v) is 4.51. The Kier molecular flexibility index (Phi) is 4.93. The molecule has 0 aliphatic heterocycles. The summed E-state index contributed by atoms with van der Waals surface area (Å²) in [6.45, 7) is 1.93. The first kappa shape index (κ1) is 15.2. The topological polar surface area (TPSA) is 35.8 Å². The molecular formula is C15H11BrCl2N2. The third-order valence-electron chi connectivity index (χ3n) is 2.89. The fraction of sp³-hybridized carbons (Fsp3) is 0.133. The van der Waals surface area contributed by atoms with Crippen molar-refractivity contribution in [1.82, 2.24) is 0 Å². The number of nitriles is 1. The van der Waals surface area contributed by atoms with Crippen molar-refractivity contribution in [3.8, 4) is 6.07 Å². The number of nitrogens with one attached hydrogen (secondary N) is 1. The van der Waals surface area contributed by atoms with Gasteiger partial charge in [-0.05, 0) is 58.2 Å². The molecular weight excluding hydrogens is 359 g/mol. The molecule has 1 atom stereocenters. The molecule has 102 valence electrons. The molecule has 2 aromatic rings. The van der Waals surface area contributed by atoms with Gasteiger partial charge in [0.2, 0.25) is 0 Å². The quantitative estimate of drug-likeness (QED) is 0.748. The summed E-state index contributed by atoms with van der Waals surface area (Å²) in [6.07, 6.45) is 0. The largest absolute Gasteiger partial charge is 0.366 e. The molecule has 0 saturated carbocycles. The van der Waals surface area contributed by atoms with E-state index in [0.717, 1.165) is 21.3 Å². The van der Waals surface area contributed by atoms with Gasteiger partial charge in [0, 0.05) is 15.2 Å². The van der Waals surface area contributed by atoms with Crippen LogP contribution in [0.1, 0.15) is 17.2 Å². The second kappa shape index (κ2) is 6.49. The Morgan fingerprint density at radius 2 is 1.90 bits per heavy atom. The van der Waals surface area contributed by atoms with Gasteiger partial charge >= 0.3 is 0 Å². The van der Waals surface area contributed by atoms with Gasteiger partial charge in [-0.1, -0.05) is 35.3 Å². The van der Waals surface area contributed by atoms with Crippen LogP contribution in [0.25, 0.3) is 0 Å². The van der Waals surface area contributed by atoms with Crippen LogP contribution in [-0.4, -0.2) is 0 Å². The molecule has 2 nitrogen and oxygen atoms in total. The van der Waals surface area contributed by atoms with Gasteiger partial charge in [0.15, 0.2) is 0 Å². The lowest BCUT2D eigenvalue weighted by Crippen LogP contribution is -2.08. The molecule has 0 heterocycles. The third kappa shape index (κ3) is 3.46. The van der Waals surface area contributed by atoms with Crippen molar-refractivity contribution < 1.29 is 0 Å². The van der Waals surface area contributed by atoms with Crippen LogP contribution in [-0.2, 0) is 0 Å². The van der Waals surface area contributed by atoms with Crippen molar-refractivity contribution in [1.29, 1.82) is 5.26 Å². The smallest absolute Gasteiger partial charge is 0.140 e. The van der Waals surface area contributed by atoms with Crippen LogP contribution in [0.5, 0.6) is 0 Å². The Bertz CT molecular complexity index is 680. The second-order valence-electron chi connectivity index (χ2n) is 4.34. The van der Waals surface area contributed by atoms with Crippen molar-refractivity contribution in [3.05, 3.63) is 62.0 Å². The first-order chi connectivity index (χ1) is 9.51. The van der Waals surface area contributed by atoms with Gasteiger partial charge in [-0.3, -0.25) is 0 Å². The summed E-state index contributed by atoms with van der Waals surface area (Å²) in [5.41, 5.74) is 2.63. The first-order valence-corrected chi connectivity index (χ1v) is 7.43. The molecule has 0 aliphatic rings. The number of nitrogens with zero attached hydrogens (tertiary/aromatic N) is 1. The van der Waals surface area contributed by atoms with Gasteiger partial charge in [0.25, 0.3) is 0 Å². The maximum Gasteiger partial charge on any atom is 0.140 e. The highest BCUT2D eigenvalue weighted by molar-refractivity contribution is 9.10. The molecule has 0 saturated heterocycles. The van der Waals surface area contributed by atoms with Crippen molar-refractivity contribution in [2.24, 2.45) is 0 Å². The summed E-state index contributed by atoms with van der Waals surface area (Å²) < 4.78 is 0.780. The minimum atomic E-state index is -0.471. The number of rotatable bonds is 3. The van der Waals surface area contributed by atoms with E-state index in [1.807, 2.05) is 37.3 Å². The van der Waals surface area contributed by atoms with Crippen LogP contribution in [0.2, 0.25) is 10.0 Å². The zero-order valence-corrected chi connectivity index (χ0v) is 13.7. The molecule has 5 heteroatoms. The van der Waals surface area contributed by atoms with Crippen molar-refractivity contribution in [2.75, 3.05) is 5.32 Å². The number of anilines is 1. The predicted molar refractivity (Wildman–Crippen MR) is 87.3 cm³/mol. The molecule has 0 bridgehead atoms. The molecule has 20 heavy (non-hydrogen) atoms. The number of hydrogen-bond acceptors (Lipinski definition) is 2. The molecule has 0 aromatic heterocycles. The normalized spacial score (nSPS) is 11.8. The fourth-order valence-corrected chi connectivity index (χ4v) is 2.42. The number of benzene rings is 2. The summed E-state index contributed by atoms with van der Waals surface area (Å²) >= 11 is 15.4. The molecule has 1 N–H and O–H groups in total. The molecule has 2 aromatic carbocycles. The maximum absolute atomic E-state index is 9.33. The van der Waals surface area contributed by atoms with E-state index in [1.54, 1.807) is 6.07 Å². The van der Waals surface area contributed by atoms with Crippen LogP contribution >= 0.6 is 39.1 Å². The summed E-state index contributed by atoms with van der Waals surface area (Å²) in [7, 11) is 0. The van der Waals surface area contributed by atoms with E-state index < -0.39 is 6.04 Å². The Labute approximate surface area is 136 Å². The Morgan fingerprint density at radius 1 is 1.15 bits per heavy atom. The van der Waals surface area contributed by atoms with Crippen molar-refractivity contribution in [3.63, 3.8) is 0 Å². The maximum atomic E-state index is 9.33. The second-order valence-corrected chi connectivity index (χ2v) is 6.01. The first-order valence-electron chi connectivity index (χ1n) is 5.88. The van der Waals surface area contributed by atoms with E-state index in [4.69, 9.17) is 23.2 Å². The Balaban J connectivity index is 2.26. The molecule has 2 rings (SSSR count). The van der Waals surface area contributed by atoms with E-state index in [9.17, 15) is 5.26 Å². The lowest BCUT2D eigenvalue weighted by molar-refractivity contribution is 0.996. The number of aryl methyl sites for hydroxylation is 1. The number of halogens is 3. The van der Waals surface area contributed by atoms with E-state index in [0.29, 0.717) is 10.0 Å². The molecule has 0 fully saturated rings. The monoisotopic (exact) mass is 368 g/mol. The lowest BCUT2D eigenvalue weighted by Gasteiger charge is -2.14. The highest BCUT2D eigenvalue weighted by Gasteiger charge is 2.12. The van der Waals surface area contributed by atoms with Gasteiger partial charge in [-0.25, -0.2) is 0 Å². The average molecular weight is 370 g/mol. The van der Waals surface area contributed by atoms with Gasteiger partial charge in [0.05, 0.1) is 11.1 Å². The zero-order valence-electron chi connectivity index (χ0n) is 10.6. The summed E-state index contributed by atoms with van der Waals surface area (Å²) in [6, 6.07) is 12.8. The van der Waals surface area contributed by atoms with Crippen LogP contribution in [0.4, 0.5) is 5.69 Å². The van der Waals surface area contributed by atoms with E-state index in [1.165, 1.54) is 0 Å². The van der Waals surface area contributed by atoms with Crippen LogP contribution in [0, 0.1) is 18.3 Å². The predicted octanol–water partition coefficient (Wildman–Crippen LogP) is 5.74. The number of hydrogen-bond donors (Lipinski definition) is 1. The van der Waals surface area contributed by atoms with Gasteiger partial charge in [-0.15, -0.1) is 0 Å². The zero-order chi connectivity index (χ0) is 14.7. The molecule has 0 spiro atoms. The highest BCUT2D eigenvalue weighted by Crippen LogP contribution is 2.28. The summed E-state index contributed by atoms with van der Waals surface area (Å²) in [4.78, 5) is 0. The average Bonchev–Trinajstić information content (AvgIpc) is 2.43. The van der Waals surface area contributed by atoms with Gasteiger partial charge in [0.1, 0.15) is 6.04 Å². The Morgan fingerprint density at radius 3 is 2.50 bits per heavy atom. The van der Waals surface area contributed by atoms with E-state index in [2.05, 4.69) is 27.3 Å². The molecule has 1 unspecified atom stereocenters. The van der Waals surface area contributed by atoms with Crippen molar-refractivity contribution >= 4 is 44.8 Å². The van der Waals surface area contributed by atoms with Crippen LogP contribution in [0.3, 0.4) is 0 Å².